The van der Waals surface area contributed by atoms with Crippen molar-refractivity contribution in [1.82, 2.24) is 9.62 Å². The molecule has 0 saturated carbocycles. The van der Waals surface area contributed by atoms with E-state index in [-0.39, 0.29) is 0 Å². The number of hydrogen-bond donors (Lipinski definition) is 2. The molecule has 7 nitrogen and oxygen atoms in total. The molecule has 3 amide bonds. The summed E-state index contributed by atoms with van der Waals surface area (Å²) in [5.74, 6) is -1.24. The highest BCUT2D eigenvalue weighted by molar-refractivity contribution is 7.90. The summed E-state index contributed by atoms with van der Waals surface area (Å²) in [6.07, 6.45) is 5.87. The summed E-state index contributed by atoms with van der Waals surface area (Å²) in [5.41, 5.74) is 5.54. The van der Waals surface area contributed by atoms with Crippen molar-refractivity contribution in [2.24, 2.45) is 0 Å². The van der Waals surface area contributed by atoms with Crippen molar-refractivity contribution in [2.45, 2.75) is 52.4 Å². The first-order valence-corrected chi connectivity index (χ1v) is 11.3. The van der Waals surface area contributed by atoms with Crippen LogP contribution < -0.4 is 10.0 Å². The van der Waals surface area contributed by atoms with E-state index in [4.69, 9.17) is 0 Å². The number of carbonyl (C=O) groups is 2. The molecular formula is C19H27N3O4S. The third kappa shape index (κ3) is 4.26. The van der Waals surface area contributed by atoms with E-state index in [1.807, 2.05) is 4.72 Å². The van der Waals surface area contributed by atoms with Crippen molar-refractivity contribution in [3.63, 3.8) is 0 Å². The van der Waals surface area contributed by atoms with Gasteiger partial charge in [-0.25, -0.2) is 17.9 Å². The number of aryl methyl sites for hydroxylation is 2. The van der Waals surface area contributed by atoms with Gasteiger partial charge in [0, 0.05) is 18.8 Å². The van der Waals surface area contributed by atoms with Gasteiger partial charge < -0.3 is 10.2 Å². The van der Waals surface area contributed by atoms with E-state index in [2.05, 4.69) is 11.4 Å². The number of anilines is 1. The summed E-state index contributed by atoms with van der Waals surface area (Å²) in [7, 11) is -4.05. The zero-order valence-electron chi connectivity index (χ0n) is 15.9. The number of nitrogens with one attached hydrogen (secondary N) is 2. The van der Waals surface area contributed by atoms with Crippen LogP contribution in [-0.2, 0) is 40.5 Å². The first-order chi connectivity index (χ1) is 12.8. The molecule has 0 aliphatic heterocycles. The van der Waals surface area contributed by atoms with Crippen LogP contribution in [0.5, 0.6) is 0 Å². The molecular weight excluding hydrogens is 366 g/mol. The third-order valence-electron chi connectivity index (χ3n) is 5.39. The number of urea groups is 1. The van der Waals surface area contributed by atoms with Gasteiger partial charge in [-0.1, -0.05) is 6.07 Å². The van der Waals surface area contributed by atoms with Gasteiger partial charge in [-0.3, -0.25) is 4.79 Å². The molecule has 0 spiro atoms. The van der Waals surface area contributed by atoms with Crippen molar-refractivity contribution in [3.05, 3.63) is 28.3 Å². The van der Waals surface area contributed by atoms with Crippen molar-refractivity contribution in [1.29, 1.82) is 0 Å². The lowest BCUT2D eigenvalue weighted by Crippen LogP contribution is -2.42. The highest BCUT2D eigenvalue weighted by Gasteiger charge is 2.27. The first-order valence-electron chi connectivity index (χ1n) is 9.60. The standard InChI is InChI=1S/C19H27N3O4S/c1-3-22(4-2)17(23)12-27(25,26)21-19(24)20-18-15-9-5-7-13(15)11-14-8-6-10-16(14)18/h11H,3-10,12H2,1-2H3,(H2,20,21,24). The molecule has 0 atom stereocenters. The number of sulfonamides is 1. The molecule has 2 aliphatic carbocycles. The zero-order valence-corrected chi connectivity index (χ0v) is 16.7. The van der Waals surface area contributed by atoms with Crippen LogP contribution in [0, 0.1) is 0 Å². The Morgan fingerprint density at radius 3 is 2.07 bits per heavy atom. The number of amides is 3. The SMILES string of the molecule is CCN(CC)C(=O)CS(=O)(=O)NC(=O)Nc1c2c(cc3c1CCC3)CCC2. The van der Waals surface area contributed by atoms with Gasteiger partial charge in [-0.15, -0.1) is 0 Å². The van der Waals surface area contributed by atoms with Crippen molar-refractivity contribution in [3.8, 4) is 0 Å². The maximum Gasteiger partial charge on any atom is 0.332 e. The largest absolute Gasteiger partial charge is 0.342 e. The second-order valence-corrected chi connectivity index (χ2v) is 8.84. The Bertz CT molecular complexity index is 828. The van der Waals surface area contributed by atoms with Crippen LogP contribution in [0.3, 0.4) is 0 Å². The number of nitrogens with zero attached hydrogens (tertiary/aromatic N) is 1. The maximum absolute atomic E-state index is 12.4. The topological polar surface area (TPSA) is 95.6 Å². The molecule has 0 radical (unpaired) electrons. The predicted octanol–water partition coefficient (Wildman–Crippen LogP) is 1.98. The minimum absolute atomic E-state index is 0.430. The van der Waals surface area contributed by atoms with Crippen LogP contribution in [0.4, 0.5) is 10.5 Å². The van der Waals surface area contributed by atoms with E-state index in [0.29, 0.717) is 13.1 Å². The van der Waals surface area contributed by atoms with Crippen LogP contribution in [0.1, 0.15) is 48.9 Å². The van der Waals surface area contributed by atoms with Gasteiger partial charge in [0.05, 0.1) is 0 Å². The van der Waals surface area contributed by atoms with E-state index < -0.39 is 27.7 Å². The Morgan fingerprint density at radius 1 is 1.00 bits per heavy atom. The predicted molar refractivity (Wildman–Crippen MR) is 104 cm³/mol. The van der Waals surface area contributed by atoms with E-state index in [1.165, 1.54) is 16.0 Å². The Balaban J connectivity index is 1.73. The second-order valence-electron chi connectivity index (χ2n) is 7.12. The molecule has 0 heterocycles. The summed E-state index contributed by atoms with van der Waals surface area (Å²) in [5, 5.41) is 2.78. The molecule has 0 saturated heterocycles. The van der Waals surface area contributed by atoms with Gasteiger partial charge in [0.2, 0.25) is 15.9 Å². The van der Waals surface area contributed by atoms with Crippen LogP contribution in [-0.4, -0.2) is 44.1 Å². The van der Waals surface area contributed by atoms with E-state index in [0.717, 1.165) is 55.3 Å². The molecule has 148 valence electrons. The summed E-state index contributed by atoms with van der Waals surface area (Å²) in [6.45, 7) is 4.42. The van der Waals surface area contributed by atoms with Crippen LogP contribution in [0.25, 0.3) is 0 Å². The highest BCUT2D eigenvalue weighted by Crippen LogP contribution is 2.38. The number of benzene rings is 1. The van der Waals surface area contributed by atoms with E-state index >= 15 is 0 Å². The first kappa shape index (κ1) is 19.7. The number of carbonyl (C=O) groups excluding carboxylic acids is 2. The summed E-state index contributed by atoms with van der Waals surface area (Å²) in [6, 6.07) is 1.45. The molecule has 8 heteroatoms. The van der Waals surface area contributed by atoms with Gasteiger partial charge in [-0.05, 0) is 74.6 Å². The summed E-state index contributed by atoms with van der Waals surface area (Å²) < 4.78 is 26.4. The van der Waals surface area contributed by atoms with Crippen molar-refractivity contribution in [2.75, 3.05) is 24.2 Å². The fourth-order valence-corrected chi connectivity index (χ4v) is 5.03. The van der Waals surface area contributed by atoms with Crippen LogP contribution in [0.15, 0.2) is 6.07 Å². The minimum Gasteiger partial charge on any atom is -0.342 e. The fraction of sp³-hybridized carbons (Fsp3) is 0.579. The fourth-order valence-electron chi connectivity index (χ4n) is 4.11. The summed E-state index contributed by atoms with van der Waals surface area (Å²) in [4.78, 5) is 25.9. The van der Waals surface area contributed by atoms with E-state index in [9.17, 15) is 18.0 Å². The Labute approximate surface area is 160 Å². The van der Waals surface area contributed by atoms with E-state index in [1.54, 1.807) is 13.8 Å². The number of rotatable bonds is 6. The highest BCUT2D eigenvalue weighted by atomic mass is 32.2. The number of fused-ring (bicyclic) bond motifs is 2. The average Bonchev–Trinajstić information content (AvgIpc) is 3.23. The van der Waals surface area contributed by atoms with Gasteiger partial charge in [0.1, 0.15) is 5.75 Å². The quantitative estimate of drug-likeness (QED) is 0.772. The monoisotopic (exact) mass is 393 g/mol. The lowest BCUT2D eigenvalue weighted by atomic mass is 9.99. The van der Waals surface area contributed by atoms with Crippen molar-refractivity contribution < 1.29 is 18.0 Å². The normalized spacial score (nSPS) is 15.2. The summed E-state index contributed by atoms with van der Waals surface area (Å²) >= 11 is 0. The Morgan fingerprint density at radius 2 is 1.56 bits per heavy atom. The van der Waals surface area contributed by atoms with Gasteiger partial charge in [0.25, 0.3) is 0 Å². The average molecular weight is 394 g/mol. The van der Waals surface area contributed by atoms with Gasteiger partial charge in [-0.2, -0.15) is 0 Å². The second kappa shape index (κ2) is 7.88. The molecule has 0 bridgehead atoms. The smallest absolute Gasteiger partial charge is 0.332 e. The molecule has 3 rings (SSSR count). The van der Waals surface area contributed by atoms with Crippen LogP contribution in [0.2, 0.25) is 0 Å². The van der Waals surface area contributed by atoms with Gasteiger partial charge >= 0.3 is 6.03 Å². The molecule has 0 aromatic heterocycles. The Kier molecular flexibility index (Phi) is 5.74. The molecule has 1 aromatic carbocycles. The van der Waals surface area contributed by atoms with Gasteiger partial charge in [0.15, 0.2) is 0 Å². The van der Waals surface area contributed by atoms with Crippen LogP contribution >= 0.6 is 0 Å². The molecule has 1 aromatic rings. The lowest BCUT2D eigenvalue weighted by molar-refractivity contribution is -0.128. The Hall–Kier alpha value is -2.09. The molecule has 27 heavy (non-hydrogen) atoms. The molecule has 0 unspecified atom stereocenters. The number of hydrogen-bond acceptors (Lipinski definition) is 4. The lowest BCUT2D eigenvalue weighted by Gasteiger charge is -2.19. The minimum atomic E-state index is -4.05. The van der Waals surface area contributed by atoms with Crippen molar-refractivity contribution >= 4 is 27.6 Å². The third-order valence-corrected chi connectivity index (χ3v) is 6.51. The molecule has 2 aliphatic rings. The molecule has 2 N–H and O–H groups in total. The molecule has 0 fully saturated rings. The maximum atomic E-state index is 12.4. The zero-order chi connectivity index (χ0) is 19.6.